The second kappa shape index (κ2) is 3.91. The molecule has 0 heterocycles. The molecule has 19 heavy (non-hydrogen) atoms. The van der Waals surface area contributed by atoms with Crippen LogP contribution in [0.25, 0.3) is 0 Å². The van der Waals surface area contributed by atoms with Crippen LogP contribution in [0.2, 0.25) is 0 Å². The molecule has 0 saturated heterocycles. The molecule has 1 aromatic carbocycles. The van der Waals surface area contributed by atoms with Gasteiger partial charge in [0.15, 0.2) is 0 Å². The Morgan fingerprint density at radius 2 is 1.58 bits per heavy atom. The van der Waals surface area contributed by atoms with Crippen LogP contribution >= 0.6 is 0 Å². The van der Waals surface area contributed by atoms with Crippen molar-refractivity contribution in [3.8, 4) is 0 Å². The van der Waals surface area contributed by atoms with Gasteiger partial charge in [-0.25, -0.2) is 0 Å². The summed E-state index contributed by atoms with van der Waals surface area (Å²) in [7, 11) is 0. The van der Waals surface area contributed by atoms with Crippen LogP contribution in [-0.4, -0.2) is 27.9 Å². The lowest BCUT2D eigenvalue weighted by Gasteiger charge is -2.44. The molecule has 0 radical (unpaired) electrons. The first-order valence-electron chi connectivity index (χ1n) is 6.09. The highest BCUT2D eigenvalue weighted by atomic mass is 16.4. The molecule has 4 rings (SSSR count). The number of carbonyl (C=O) groups is 3. The number of hydrogen-bond donors (Lipinski definition) is 2. The van der Waals surface area contributed by atoms with Crippen LogP contribution in [-0.2, 0) is 14.4 Å². The number of fused-ring (bicyclic) bond motifs is 2. The predicted molar refractivity (Wildman–Crippen MR) is 63.8 cm³/mol. The Morgan fingerprint density at radius 1 is 1.00 bits per heavy atom. The number of carboxylic acid groups (broad SMARTS) is 2. The summed E-state index contributed by atoms with van der Waals surface area (Å²) in [5.74, 6) is -6.01. The molecule has 2 N–H and O–H groups in total. The van der Waals surface area contributed by atoms with Gasteiger partial charge in [-0.1, -0.05) is 24.3 Å². The van der Waals surface area contributed by atoms with Crippen molar-refractivity contribution in [1.29, 1.82) is 0 Å². The number of benzene rings is 1. The Labute approximate surface area is 108 Å². The summed E-state index contributed by atoms with van der Waals surface area (Å²) in [6.45, 7) is 0. The summed E-state index contributed by atoms with van der Waals surface area (Å²) < 4.78 is 0. The highest BCUT2D eigenvalue weighted by Gasteiger charge is 2.56. The summed E-state index contributed by atoms with van der Waals surface area (Å²) in [6, 6.07) is 7.08. The second-order valence-corrected chi connectivity index (χ2v) is 5.11. The lowest BCUT2D eigenvalue weighted by atomic mass is 9.56. The first kappa shape index (κ1) is 11.9. The van der Waals surface area contributed by atoms with E-state index in [9.17, 15) is 24.6 Å². The van der Waals surface area contributed by atoms with Gasteiger partial charge in [0.25, 0.3) is 0 Å². The zero-order valence-corrected chi connectivity index (χ0v) is 9.95. The van der Waals surface area contributed by atoms with E-state index in [0.29, 0.717) is 5.56 Å². The number of carboxylic acids is 2. The lowest BCUT2D eigenvalue weighted by molar-refractivity contribution is -0.160. The van der Waals surface area contributed by atoms with Crippen molar-refractivity contribution < 1.29 is 24.6 Å². The molecule has 5 nitrogen and oxygen atoms in total. The molecule has 3 aliphatic carbocycles. The van der Waals surface area contributed by atoms with Crippen molar-refractivity contribution in [2.75, 3.05) is 0 Å². The zero-order valence-electron chi connectivity index (χ0n) is 9.95. The van der Waals surface area contributed by atoms with Gasteiger partial charge in [0.2, 0.25) is 0 Å². The molecule has 3 aliphatic rings. The van der Waals surface area contributed by atoms with Gasteiger partial charge < -0.3 is 10.2 Å². The van der Waals surface area contributed by atoms with E-state index in [1.807, 2.05) is 0 Å². The molecular weight excluding hydrogens is 248 g/mol. The van der Waals surface area contributed by atoms with E-state index in [-0.39, 0.29) is 12.2 Å². The summed E-state index contributed by atoms with van der Waals surface area (Å²) >= 11 is 0. The maximum atomic E-state index is 12.0. The van der Waals surface area contributed by atoms with Crippen molar-refractivity contribution in [1.82, 2.24) is 0 Å². The monoisotopic (exact) mass is 260 g/mol. The fourth-order valence-corrected chi connectivity index (χ4v) is 3.55. The van der Waals surface area contributed by atoms with E-state index in [2.05, 4.69) is 0 Å². The summed E-state index contributed by atoms with van der Waals surface area (Å²) in [6.07, 6.45) is 0.127. The number of Topliss-reactive ketones (excluding diaryl/α,β-unsaturated/α-hetero) is 1. The summed E-state index contributed by atoms with van der Waals surface area (Å²) in [5, 5.41) is 18.6. The SMILES string of the molecule is O=C(O)[C@@H]1[C@@H](C(=O)O)[C@H]2C(=O)C[C@H]1c1ccccc12. The van der Waals surface area contributed by atoms with Gasteiger partial charge in [0, 0.05) is 12.3 Å². The predicted octanol–water partition coefficient (Wildman–Crippen LogP) is 1.24. The molecule has 2 bridgehead atoms. The van der Waals surface area contributed by atoms with Crippen LogP contribution in [0.4, 0.5) is 0 Å². The van der Waals surface area contributed by atoms with Crippen molar-refractivity contribution >= 4 is 17.7 Å². The third kappa shape index (κ3) is 1.51. The Balaban J connectivity index is 2.22. The highest BCUT2D eigenvalue weighted by molar-refractivity contribution is 5.98. The molecule has 1 aromatic rings. The van der Waals surface area contributed by atoms with Crippen LogP contribution in [0.1, 0.15) is 29.4 Å². The Kier molecular flexibility index (Phi) is 2.45. The summed E-state index contributed by atoms with van der Waals surface area (Å²) in [5.41, 5.74) is 1.51. The van der Waals surface area contributed by atoms with Gasteiger partial charge in [-0.05, 0) is 11.1 Å². The summed E-state index contributed by atoms with van der Waals surface area (Å²) in [4.78, 5) is 34.8. The minimum atomic E-state index is -1.20. The van der Waals surface area contributed by atoms with Crippen LogP contribution in [0.15, 0.2) is 24.3 Å². The highest BCUT2D eigenvalue weighted by Crippen LogP contribution is 2.54. The van der Waals surface area contributed by atoms with E-state index in [4.69, 9.17) is 0 Å². The normalized spacial score (nSPS) is 31.9. The van der Waals surface area contributed by atoms with Gasteiger partial charge in [-0.15, -0.1) is 0 Å². The Morgan fingerprint density at radius 3 is 2.16 bits per heavy atom. The van der Waals surface area contributed by atoms with Crippen LogP contribution in [0, 0.1) is 11.8 Å². The second-order valence-electron chi connectivity index (χ2n) is 5.11. The topological polar surface area (TPSA) is 91.7 Å². The largest absolute Gasteiger partial charge is 0.481 e. The molecule has 98 valence electrons. The van der Waals surface area contributed by atoms with E-state index in [1.54, 1.807) is 24.3 Å². The number of carbonyl (C=O) groups excluding carboxylic acids is 1. The fourth-order valence-electron chi connectivity index (χ4n) is 3.55. The standard InChI is InChI=1S/C14H12O5/c15-9-5-8-6-3-1-2-4-7(6)10(9)12(14(18)19)11(8)13(16)17/h1-4,8,10-12H,5H2,(H,16,17)(H,18,19)/t8-,10+,11-,12-/m0/s1. The molecule has 0 spiro atoms. The molecule has 0 aromatic heterocycles. The quantitative estimate of drug-likeness (QED) is 0.834. The van der Waals surface area contributed by atoms with E-state index in [1.165, 1.54) is 0 Å². The number of rotatable bonds is 2. The van der Waals surface area contributed by atoms with Gasteiger partial charge >= 0.3 is 11.9 Å². The molecular formula is C14H12O5. The Hall–Kier alpha value is -2.17. The molecule has 0 aliphatic heterocycles. The van der Waals surface area contributed by atoms with E-state index >= 15 is 0 Å². The van der Waals surface area contributed by atoms with Crippen LogP contribution in [0.3, 0.4) is 0 Å². The average Bonchev–Trinajstić information content (AvgIpc) is 2.37. The lowest BCUT2D eigenvalue weighted by Crippen LogP contribution is -2.49. The van der Waals surface area contributed by atoms with Gasteiger partial charge in [0.1, 0.15) is 5.78 Å². The van der Waals surface area contributed by atoms with Gasteiger partial charge in [-0.2, -0.15) is 0 Å². The van der Waals surface area contributed by atoms with Crippen LogP contribution in [0.5, 0.6) is 0 Å². The molecule has 1 saturated carbocycles. The number of ketones is 1. The molecule has 0 amide bonds. The van der Waals surface area contributed by atoms with Crippen molar-refractivity contribution in [2.45, 2.75) is 18.3 Å². The van der Waals surface area contributed by atoms with Crippen molar-refractivity contribution in [3.05, 3.63) is 35.4 Å². The third-order valence-electron chi connectivity index (χ3n) is 4.25. The molecule has 5 heteroatoms. The smallest absolute Gasteiger partial charge is 0.308 e. The van der Waals surface area contributed by atoms with E-state index in [0.717, 1.165) is 5.56 Å². The fraction of sp³-hybridized carbons (Fsp3) is 0.357. The first-order valence-corrected chi connectivity index (χ1v) is 6.09. The van der Waals surface area contributed by atoms with Crippen molar-refractivity contribution in [2.24, 2.45) is 11.8 Å². The van der Waals surface area contributed by atoms with Crippen LogP contribution < -0.4 is 0 Å². The minimum absolute atomic E-state index is 0.127. The third-order valence-corrected chi connectivity index (χ3v) is 4.25. The molecule has 0 unspecified atom stereocenters. The first-order chi connectivity index (χ1) is 9.02. The maximum absolute atomic E-state index is 12.0. The minimum Gasteiger partial charge on any atom is -0.481 e. The zero-order chi connectivity index (χ0) is 13.7. The number of hydrogen-bond acceptors (Lipinski definition) is 3. The average molecular weight is 260 g/mol. The Bertz CT molecular complexity index is 591. The van der Waals surface area contributed by atoms with E-state index < -0.39 is 35.6 Å². The maximum Gasteiger partial charge on any atom is 0.308 e. The molecule has 1 fully saturated rings. The molecule has 4 atom stereocenters. The van der Waals surface area contributed by atoms with Gasteiger partial charge in [-0.3, -0.25) is 14.4 Å². The van der Waals surface area contributed by atoms with Crippen molar-refractivity contribution in [3.63, 3.8) is 0 Å². The number of aliphatic carboxylic acids is 2. The van der Waals surface area contributed by atoms with Gasteiger partial charge in [0.05, 0.1) is 17.8 Å².